The zero-order valence-electron chi connectivity index (χ0n) is 10.1. The van der Waals surface area contributed by atoms with Crippen molar-refractivity contribution in [3.05, 3.63) is 11.0 Å². The lowest BCUT2D eigenvalue weighted by molar-refractivity contribution is 0.390. The van der Waals surface area contributed by atoms with Gasteiger partial charge in [0.15, 0.2) is 0 Å². The fraction of sp³-hybridized carbons (Fsp3) is 0.833. The molecule has 0 aromatic heterocycles. The molecule has 0 radical (unpaired) electrons. The third-order valence-electron chi connectivity index (χ3n) is 4.00. The second-order valence-corrected chi connectivity index (χ2v) is 7.85. The van der Waals surface area contributed by atoms with Crippen LogP contribution in [0, 0.1) is 17.8 Å². The van der Waals surface area contributed by atoms with Gasteiger partial charge in [-0.3, -0.25) is 4.55 Å². The number of fused-ring (bicyclic) bond motifs is 2. The van der Waals surface area contributed by atoms with Crippen LogP contribution in [-0.2, 0) is 10.1 Å². The van der Waals surface area contributed by atoms with Gasteiger partial charge in [-0.05, 0) is 48.8 Å². The number of thioether (sulfide) groups is 1. The molecule has 0 heterocycles. The smallest absolute Gasteiger partial charge is 0.265 e. The van der Waals surface area contributed by atoms with Crippen LogP contribution in [0.3, 0.4) is 0 Å². The molecule has 0 spiro atoms. The van der Waals surface area contributed by atoms with E-state index in [1.165, 1.54) is 30.6 Å². The maximum absolute atomic E-state index is 10.7. The molecule has 3 atom stereocenters. The van der Waals surface area contributed by atoms with Crippen molar-refractivity contribution in [2.75, 3.05) is 11.5 Å². The third-order valence-corrected chi connectivity index (χ3v) is 6.26. The summed E-state index contributed by atoms with van der Waals surface area (Å²) in [5, 5.41) is 0. The van der Waals surface area contributed by atoms with Crippen LogP contribution in [0.5, 0.6) is 0 Å². The van der Waals surface area contributed by atoms with Crippen molar-refractivity contribution in [1.82, 2.24) is 0 Å². The Morgan fingerprint density at radius 1 is 1.41 bits per heavy atom. The summed E-state index contributed by atoms with van der Waals surface area (Å²) in [7, 11) is -3.81. The van der Waals surface area contributed by atoms with Crippen LogP contribution in [0.4, 0.5) is 0 Å². The lowest BCUT2D eigenvalue weighted by Gasteiger charge is -2.24. The zero-order valence-corrected chi connectivity index (χ0v) is 11.8. The van der Waals surface area contributed by atoms with Crippen molar-refractivity contribution < 1.29 is 13.0 Å². The molecule has 5 heteroatoms. The molecule has 3 unspecified atom stereocenters. The molecular formula is C12H20O3S2. The largest absolute Gasteiger partial charge is 0.286 e. The molecule has 2 saturated carbocycles. The fourth-order valence-corrected chi connectivity index (χ4v) is 5.34. The highest BCUT2D eigenvalue weighted by atomic mass is 32.2. The average molecular weight is 276 g/mol. The molecule has 0 aliphatic heterocycles. The summed E-state index contributed by atoms with van der Waals surface area (Å²) in [6.45, 7) is 2.03. The van der Waals surface area contributed by atoms with Crippen molar-refractivity contribution in [1.29, 1.82) is 0 Å². The van der Waals surface area contributed by atoms with Gasteiger partial charge in [0.25, 0.3) is 10.1 Å². The molecule has 17 heavy (non-hydrogen) atoms. The molecule has 2 aliphatic carbocycles. The summed E-state index contributed by atoms with van der Waals surface area (Å²) in [6, 6.07) is 0. The molecule has 0 aromatic carbocycles. The van der Waals surface area contributed by atoms with Crippen molar-refractivity contribution >= 4 is 21.9 Å². The van der Waals surface area contributed by atoms with E-state index in [0.717, 1.165) is 11.8 Å². The zero-order chi connectivity index (χ0) is 12.5. The number of allylic oxidation sites excluding steroid dienone is 2. The van der Waals surface area contributed by atoms with Gasteiger partial charge in [0.2, 0.25) is 0 Å². The Morgan fingerprint density at radius 2 is 2.18 bits per heavy atom. The second kappa shape index (κ2) is 5.33. The van der Waals surface area contributed by atoms with Crippen molar-refractivity contribution in [3.8, 4) is 0 Å². The van der Waals surface area contributed by atoms with E-state index >= 15 is 0 Å². The third kappa shape index (κ3) is 3.48. The second-order valence-electron chi connectivity index (χ2n) is 5.11. The predicted molar refractivity (Wildman–Crippen MR) is 71.6 cm³/mol. The maximum Gasteiger partial charge on any atom is 0.265 e. The molecule has 0 saturated heterocycles. The molecule has 0 amide bonds. The average Bonchev–Trinajstić information content (AvgIpc) is 2.84. The molecule has 2 bridgehead atoms. The van der Waals surface area contributed by atoms with E-state index in [9.17, 15) is 8.42 Å². The summed E-state index contributed by atoms with van der Waals surface area (Å²) >= 11 is 1.61. The topological polar surface area (TPSA) is 54.4 Å². The summed E-state index contributed by atoms with van der Waals surface area (Å²) in [5.74, 6) is 2.71. The summed E-state index contributed by atoms with van der Waals surface area (Å²) in [6.07, 6.45) is 7.49. The van der Waals surface area contributed by atoms with Crippen LogP contribution in [0.1, 0.15) is 32.6 Å². The van der Waals surface area contributed by atoms with E-state index in [4.69, 9.17) is 4.55 Å². The summed E-state index contributed by atoms with van der Waals surface area (Å²) < 4.78 is 30.1. The van der Waals surface area contributed by atoms with Crippen molar-refractivity contribution in [3.63, 3.8) is 0 Å². The van der Waals surface area contributed by atoms with Gasteiger partial charge in [-0.25, -0.2) is 0 Å². The van der Waals surface area contributed by atoms with E-state index in [2.05, 4.69) is 6.08 Å². The Labute approximate surface area is 108 Å². The lowest BCUT2D eigenvalue weighted by Crippen LogP contribution is -2.13. The normalized spacial score (nSPS) is 33.3. The van der Waals surface area contributed by atoms with Gasteiger partial charge in [0, 0.05) is 5.75 Å². The molecule has 2 rings (SSSR count). The number of rotatable bonds is 5. The van der Waals surface area contributed by atoms with E-state index in [0.29, 0.717) is 11.7 Å². The Bertz CT molecular complexity index is 400. The van der Waals surface area contributed by atoms with Crippen LogP contribution >= 0.6 is 11.8 Å². The first-order valence-corrected chi connectivity index (χ1v) is 8.83. The lowest BCUT2D eigenvalue weighted by atomic mass is 9.88. The minimum atomic E-state index is -3.81. The van der Waals surface area contributed by atoms with Gasteiger partial charge >= 0.3 is 0 Å². The van der Waals surface area contributed by atoms with E-state index in [1.807, 2.05) is 6.92 Å². The SMILES string of the molecule is C/C=C(\SCCS(=O)(=O)O)C1CC2CCC1C2. The van der Waals surface area contributed by atoms with E-state index < -0.39 is 10.1 Å². The van der Waals surface area contributed by atoms with Gasteiger partial charge < -0.3 is 0 Å². The Kier molecular flexibility index (Phi) is 4.21. The molecular weight excluding hydrogens is 256 g/mol. The van der Waals surface area contributed by atoms with Crippen molar-refractivity contribution in [2.24, 2.45) is 17.8 Å². The van der Waals surface area contributed by atoms with Crippen LogP contribution in [0.15, 0.2) is 11.0 Å². The Balaban J connectivity index is 1.86. The summed E-state index contributed by atoms with van der Waals surface area (Å²) in [4.78, 5) is 1.33. The first-order valence-electron chi connectivity index (χ1n) is 6.23. The first-order chi connectivity index (χ1) is 7.99. The predicted octanol–water partition coefficient (Wildman–Crippen LogP) is 2.95. The van der Waals surface area contributed by atoms with Crippen LogP contribution in [-0.4, -0.2) is 24.5 Å². The van der Waals surface area contributed by atoms with Gasteiger partial charge in [-0.1, -0.05) is 12.5 Å². The first kappa shape index (κ1) is 13.4. The molecule has 0 aromatic rings. The fourth-order valence-electron chi connectivity index (χ4n) is 3.26. The van der Waals surface area contributed by atoms with Crippen molar-refractivity contribution in [2.45, 2.75) is 32.6 Å². The van der Waals surface area contributed by atoms with Gasteiger partial charge in [-0.15, -0.1) is 11.8 Å². The molecule has 1 N–H and O–H groups in total. The van der Waals surface area contributed by atoms with E-state index in [-0.39, 0.29) is 5.75 Å². The Hall–Kier alpha value is -0.0000000000000000763. The monoisotopic (exact) mass is 276 g/mol. The maximum atomic E-state index is 10.7. The van der Waals surface area contributed by atoms with Gasteiger partial charge in [-0.2, -0.15) is 8.42 Å². The number of hydrogen-bond donors (Lipinski definition) is 1. The molecule has 3 nitrogen and oxygen atoms in total. The summed E-state index contributed by atoms with van der Waals surface area (Å²) in [5.41, 5.74) is 0. The van der Waals surface area contributed by atoms with Gasteiger partial charge in [0.1, 0.15) is 0 Å². The molecule has 2 aliphatic rings. The molecule has 98 valence electrons. The number of hydrogen-bond acceptors (Lipinski definition) is 3. The van der Waals surface area contributed by atoms with Crippen LogP contribution in [0.25, 0.3) is 0 Å². The van der Waals surface area contributed by atoms with Crippen LogP contribution < -0.4 is 0 Å². The standard InChI is InChI=1S/C12H20O3S2/c1-2-12(16-5-6-17(13,14)15)11-8-9-3-4-10(11)7-9/h2,9-11H,3-8H2,1H3,(H,13,14,15)/b12-2-. The van der Waals surface area contributed by atoms with Gasteiger partial charge in [0.05, 0.1) is 5.75 Å². The highest BCUT2D eigenvalue weighted by Gasteiger charge is 2.40. The highest BCUT2D eigenvalue weighted by molar-refractivity contribution is 8.03. The molecule has 2 fully saturated rings. The quantitative estimate of drug-likeness (QED) is 0.784. The highest BCUT2D eigenvalue weighted by Crippen LogP contribution is 2.52. The minimum Gasteiger partial charge on any atom is -0.286 e. The Morgan fingerprint density at radius 3 is 2.65 bits per heavy atom. The van der Waals surface area contributed by atoms with Crippen LogP contribution in [0.2, 0.25) is 0 Å². The van der Waals surface area contributed by atoms with E-state index in [1.54, 1.807) is 11.8 Å². The minimum absolute atomic E-state index is 0.143.